The Morgan fingerprint density at radius 3 is 3.00 bits per heavy atom. The molecule has 0 spiro atoms. The minimum absolute atomic E-state index is 0.0727. The zero-order chi connectivity index (χ0) is 16.9. The third-order valence-corrected chi connectivity index (χ3v) is 4.30. The lowest BCUT2D eigenvalue weighted by atomic mass is 10.2. The first kappa shape index (κ1) is 16.1. The first-order valence-electron chi connectivity index (χ1n) is 7.52. The van der Waals surface area contributed by atoms with E-state index in [1.54, 1.807) is 22.3 Å². The van der Waals surface area contributed by atoms with Crippen molar-refractivity contribution >= 4 is 23.1 Å². The number of benzene rings is 1. The van der Waals surface area contributed by atoms with Gasteiger partial charge in [0.15, 0.2) is 0 Å². The van der Waals surface area contributed by atoms with Gasteiger partial charge in [0, 0.05) is 28.4 Å². The Hall–Kier alpha value is -2.74. The first-order valence-corrected chi connectivity index (χ1v) is 8.40. The Balaban J connectivity index is 1.60. The van der Waals surface area contributed by atoms with E-state index in [4.69, 9.17) is 0 Å². The smallest absolute Gasteiger partial charge is 0.319 e. The number of thiazole rings is 1. The molecule has 3 rings (SSSR count). The summed E-state index contributed by atoms with van der Waals surface area (Å²) >= 11 is 1.59. The molecule has 2 amide bonds. The van der Waals surface area contributed by atoms with Gasteiger partial charge in [-0.15, -0.1) is 11.3 Å². The van der Waals surface area contributed by atoms with E-state index in [2.05, 4.69) is 25.7 Å². The fourth-order valence-corrected chi connectivity index (χ4v) is 3.06. The van der Waals surface area contributed by atoms with Crippen LogP contribution in [0, 0.1) is 6.92 Å². The van der Waals surface area contributed by atoms with Gasteiger partial charge in [-0.05, 0) is 26.0 Å². The number of carbonyl (C=O) groups excluding carboxylic acids is 1. The lowest BCUT2D eigenvalue weighted by Crippen LogP contribution is -2.38. The van der Waals surface area contributed by atoms with E-state index < -0.39 is 0 Å². The summed E-state index contributed by atoms with van der Waals surface area (Å²) in [5.41, 5.74) is 2.71. The van der Waals surface area contributed by atoms with E-state index in [1.165, 1.54) is 6.33 Å². The Labute approximate surface area is 143 Å². The van der Waals surface area contributed by atoms with Gasteiger partial charge >= 0.3 is 6.03 Å². The minimum Gasteiger partial charge on any atom is -0.334 e. The second-order valence-electron chi connectivity index (χ2n) is 5.49. The maximum atomic E-state index is 12.1. The molecule has 1 aromatic carbocycles. The summed E-state index contributed by atoms with van der Waals surface area (Å²) in [6.45, 7) is 4.44. The second-order valence-corrected chi connectivity index (χ2v) is 6.35. The third-order valence-electron chi connectivity index (χ3n) is 3.29. The van der Waals surface area contributed by atoms with Crippen LogP contribution in [0.1, 0.15) is 12.6 Å². The van der Waals surface area contributed by atoms with Gasteiger partial charge in [-0.2, -0.15) is 5.10 Å². The van der Waals surface area contributed by atoms with Crippen LogP contribution < -0.4 is 10.6 Å². The average molecular weight is 342 g/mol. The highest BCUT2D eigenvalue weighted by Gasteiger charge is 2.09. The number of nitrogens with zero attached hydrogens (tertiary/aromatic N) is 4. The van der Waals surface area contributed by atoms with Gasteiger partial charge in [0.1, 0.15) is 17.7 Å². The van der Waals surface area contributed by atoms with Crippen molar-refractivity contribution in [1.82, 2.24) is 25.1 Å². The normalized spacial score (nSPS) is 11.9. The molecule has 7 nitrogen and oxygen atoms in total. The largest absolute Gasteiger partial charge is 0.334 e. The molecule has 0 radical (unpaired) electrons. The van der Waals surface area contributed by atoms with Crippen LogP contribution in [0.5, 0.6) is 0 Å². The van der Waals surface area contributed by atoms with Crippen molar-refractivity contribution in [3.05, 3.63) is 48.0 Å². The number of urea groups is 1. The van der Waals surface area contributed by atoms with Crippen LogP contribution in [0.4, 0.5) is 10.5 Å². The predicted octanol–water partition coefficient (Wildman–Crippen LogP) is 2.92. The topological polar surface area (TPSA) is 84.7 Å². The van der Waals surface area contributed by atoms with E-state index in [1.807, 2.05) is 43.5 Å². The summed E-state index contributed by atoms with van der Waals surface area (Å²) in [5, 5.41) is 12.7. The zero-order valence-electron chi connectivity index (χ0n) is 13.4. The van der Waals surface area contributed by atoms with Gasteiger partial charge < -0.3 is 10.6 Å². The molecule has 0 aliphatic heterocycles. The fraction of sp³-hybridized carbons (Fsp3) is 0.250. The SMILES string of the molecule is Cc1csc(-c2cccc(NC(=O)N[C@H](C)Cn3cncn3)c2)n1. The molecule has 2 heterocycles. The Bertz CT molecular complexity index is 814. The Morgan fingerprint density at radius 1 is 1.42 bits per heavy atom. The average Bonchev–Trinajstić information content (AvgIpc) is 3.19. The number of hydrogen-bond acceptors (Lipinski definition) is 5. The van der Waals surface area contributed by atoms with Gasteiger partial charge in [-0.1, -0.05) is 12.1 Å². The standard InChI is InChI=1S/C16H18N6OS/c1-11(7-22-10-17-9-18-22)20-16(23)21-14-5-3-4-13(6-14)15-19-12(2)8-24-15/h3-6,8-11H,7H2,1-2H3,(H2,20,21,23)/t11-/m1/s1. The molecule has 0 bridgehead atoms. The van der Waals surface area contributed by atoms with Crippen LogP contribution in [0.3, 0.4) is 0 Å². The highest BCUT2D eigenvalue weighted by atomic mass is 32.1. The molecular formula is C16H18N6OS. The molecule has 0 saturated carbocycles. The maximum Gasteiger partial charge on any atom is 0.319 e. The van der Waals surface area contributed by atoms with Crippen LogP contribution in [-0.4, -0.2) is 31.8 Å². The number of carbonyl (C=O) groups is 1. The lowest BCUT2D eigenvalue weighted by molar-refractivity contribution is 0.247. The van der Waals surface area contributed by atoms with Crippen molar-refractivity contribution in [1.29, 1.82) is 0 Å². The van der Waals surface area contributed by atoms with Gasteiger partial charge in [0.05, 0.1) is 6.54 Å². The second kappa shape index (κ2) is 7.22. The predicted molar refractivity (Wildman–Crippen MR) is 93.9 cm³/mol. The van der Waals surface area contributed by atoms with E-state index in [0.29, 0.717) is 6.54 Å². The number of nitrogens with one attached hydrogen (secondary N) is 2. The van der Waals surface area contributed by atoms with Gasteiger partial charge in [0.25, 0.3) is 0 Å². The lowest BCUT2D eigenvalue weighted by Gasteiger charge is -2.14. The molecule has 3 aromatic rings. The quantitative estimate of drug-likeness (QED) is 0.746. The molecule has 124 valence electrons. The minimum atomic E-state index is -0.255. The molecule has 24 heavy (non-hydrogen) atoms. The van der Waals surface area contributed by atoms with E-state index in [0.717, 1.165) is 22.0 Å². The molecule has 0 aliphatic rings. The van der Waals surface area contributed by atoms with Gasteiger partial charge in [-0.3, -0.25) is 4.68 Å². The molecule has 0 aliphatic carbocycles. The number of hydrogen-bond donors (Lipinski definition) is 2. The number of amides is 2. The molecule has 8 heteroatoms. The van der Waals surface area contributed by atoms with Gasteiger partial charge in [-0.25, -0.2) is 14.8 Å². The van der Waals surface area contributed by atoms with Crippen LogP contribution in [0.15, 0.2) is 42.3 Å². The van der Waals surface area contributed by atoms with Crippen molar-refractivity contribution in [2.24, 2.45) is 0 Å². The zero-order valence-corrected chi connectivity index (χ0v) is 14.2. The van der Waals surface area contributed by atoms with Gasteiger partial charge in [0.2, 0.25) is 0 Å². The molecule has 0 unspecified atom stereocenters. The highest BCUT2D eigenvalue weighted by Crippen LogP contribution is 2.25. The number of aryl methyl sites for hydroxylation is 1. The van der Waals surface area contributed by atoms with Crippen molar-refractivity contribution in [3.8, 4) is 10.6 Å². The summed E-state index contributed by atoms with van der Waals surface area (Å²) in [4.78, 5) is 20.5. The Morgan fingerprint density at radius 2 is 2.29 bits per heavy atom. The third kappa shape index (κ3) is 4.17. The van der Waals surface area contributed by atoms with E-state index in [9.17, 15) is 4.79 Å². The van der Waals surface area contributed by atoms with Crippen molar-refractivity contribution in [2.75, 3.05) is 5.32 Å². The Kier molecular flexibility index (Phi) is 4.85. The summed E-state index contributed by atoms with van der Waals surface area (Å²) in [6.07, 6.45) is 3.09. The van der Waals surface area contributed by atoms with Crippen LogP contribution in [-0.2, 0) is 6.54 Å². The summed E-state index contributed by atoms with van der Waals surface area (Å²) < 4.78 is 1.68. The number of anilines is 1. The summed E-state index contributed by atoms with van der Waals surface area (Å²) in [5.74, 6) is 0. The van der Waals surface area contributed by atoms with Crippen LogP contribution >= 0.6 is 11.3 Å². The van der Waals surface area contributed by atoms with E-state index >= 15 is 0 Å². The number of rotatable bonds is 5. The molecule has 2 aromatic heterocycles. The van der Waals surface area contributed by atoms with Crippen molar-refractivity contribution in [3.63, 3.8) is 0 Å². The molecule has 1 atom stereocenters. The number of aromatic nitrogens is 4. The van der Waals surface area contributed by atoms with E-state index in [-0.39, 0.29) is 12.1 Å². The molecule has 0 saturated heterocycles. The van der Waals surface area contributed by atoms with Crippen molar-refractivity contribution in [2.45, 2.75) is 26.4 Å². The monoisotopic (exact) mass is 342 g/mol. The summed E-state index contributed by atoms with van der Waals surface area (Å²) in [7, 11) is 0. The molecule has 0 fully saturated rings. The first-order chi connectivity index (χ1) is 11.6. The van der Waals surface area contributed by atoms with Crippen molar-refractivity contribution < 1.29 is 4.79 Å². The summed E-state index contributed by atoms with van der Waals surface area (Å²) in [6, 6.07) is 7.33. The van der Waals surface area contributed by atoms with Crippen LogP contribution in [0.25, 0.3) is 10.6 Å². The van der Waals surface area contributed by atoms with Crippen LogP contribution in [0.2, 0.25) is 0 Å². The molecule has 2 N–H and O–H groups in total. The fourth-order valence-electron chi connectivity index (χ4n) is 2.26. The highest BCUT2D eigenvalue weighted by molar-refractivity contribution is 7.13. The molecular weight excluding hydrogens is 324 g/mol. The maximum absolute atomic E-state index is 12.1.